The van der Waals surface area contributed by atoms with E-state index < -0.39 is 12.1 Å². The summed E-state index contributed by atoms with van der Waals surface area (Å²) in [5.74, 6) is -0.0410. The smallest absolute Gasteiger partial charge is 0.404 e. The van der Waals surface area contributed by atoms with Crippen LogP contribution in [-0.2, 0) is 11.5 Å². The Morgan fingerprint density at radius 3 is 2.50 bits per heavy atom. The van der Waals surface area contributed by atoms with E-state index in [1.807, 2.05) is 6.07 Å². The molecule has 1 amide bonds. The summed E-state index contributed by atoms with van der Waals surface area (Å²) in [7, 11) is 3.20. The monoisotopic (exact) mass is 301 g/mol. The maximum atomic E-state index is 11.8. The number of ether oxygens (including phenoxy) is 2. The number of pyridine rings is 1. The molecule has 0 aliphatic heterocycles. The summed E-state index contributed by atoms with van der Waals surface area (Å²) in [5, 5.41) is 0. The number of nitrogens with zero attached hydrogens (tertiary/aromatic N) is 2. The Kier molecular flexibility index (Phi) is 5.08. The zero-order chi connectivity index (χ0) is 15.9. The second-order valence-electron chi connectivity index (χ2n) is 4.74. The van der Waals surface area contributed by atoms with Gasteiger partial charge in [0, 0.05) is 20.2 Å². The molecule has 0 unspecified atom stereocenters. The molecule has 0 N–H and O–H groups in total. The molecule has 2 rings (SSSR count). The predicted molar refractivity (Wildman–Crippen MR) is 78.2 cm³/mol. The van der Waals surface area contributed by atoms with Crippen molar-refractivity contribution >= 4 is 12.1 Å². The minimum absolute atomic E-state index is 0.0289. The third kappa shape index (κ3) is 4.31. The fourth-order valence-electron chi connectivity index (χ4n) is 1.62. The average molecular weight is 301 g/mol. The van der Waals surface area contributed by atoms with Crippen molar-refractivity contribution in [3.8, 4) is 5.75 Å². The first-order chi connectivity index (χ1) is 10.6. The van der Waals surface area contributed by atoms with Crippen LogP contribution in [0.1, 0.15) is 10.4 Å². The highest BCUT2D eigenvalue weighted by atomic mass is 16.6. The molecular formula is C16H17N2O4+. The van der Waals surface area contributed by atoms with E-state index in [1.165, 1.54) is 4.90 Å². The molecular weight excluding hydrogens is 284 g/mol. The minimum atomic E-state index is -0.473. The molecule has 2 aromatic rings. The highest BCUT2D eigenvalue weighted by Gasteiger charge is 2.12. The van der Waals surface area contributed by atoms with E-state index in [0.29, 0.717) is 11.3 Å². The number of carbonyl (C=O) groups excluding carboxylic acids is 2. The normalized spacial score (nSPS) is 9.91. The second kappa shape index (κ2) is 7.21. The van der Waals surface area contributed by atoms with Crippen LogP contribution in [0.25, 0.3) is 0 Å². The number of rotatable bonds is 4. The third-order valence-electron chi connectivity index (χ3n) is 2.76. The van der Waals surface area contributed by atoms with Gasteiger partial charge < -0.3 is 14.4 Å². The maximum Gasteiger partial charge on any atom is 0.414 e. The first kappa shape index (κ1) is 15.5. The van der Waals surface area contributed by atoms with Crippen LogP contribution in [0.2, 0.25) is 0 Å². The van der Waals surface area contributed by atoms with Crippen LogP contribution in [0.4, 0.5) is 4.79 Å². The van der Waals surface area contributed by atoms with E-state index >= 15 is 0 Å². The van der Waals surface area contributed by atoms with E-state index in [2.05, 4.69) is 0 Å². The first-order valence-electron chi connectivity index (χ1n) is 6.66. The van der Waals surface area contributed by atoms with E-state index in [0.717, 1.165) is 0 Å². The molecule has 0 aliphatic carbocycles. The Hall–Kier alpha value is -2.89. The molecule has 6 nitrogen and oxygen atoms in total. The summed E-state index contributed by atoms with van der Waals surface area (Å²) < 4.78 is 11.9. The second-order valence-corrected chi connectivity index (χ2v) is 4.74. The van der Waals surface area contributed by atoms with E-state index in [4.69, 9.17) is 9.47 Å². The van der Waals surface area contributed by atoms with Crippen LogP contribution >= 0.6 is 0 Å². The molecule has 114 valence electrons. The number of aromatic nitrogens is 1. The van der Waals surface area contributed by atoms with Crippen molar-refractivity contribution in [1.29, 1.82) is 0 Å². The van der Waals surface area contributed by atoms with Crippen molar-refractivity contribution in [2.75, 3.05) is 14.1 Å². The number of amides is 1. The predicted octanol–water partition coefficient (Wildman–Crippen LogP) is 1.85. The molecule has 1 aromatic carbocycles. The molecule has 1 heterocycles. The Morgan fingerprint density at radius 1 is 1.09 bits per heavy atom. The van der Waals surface area contributed by atoms with Crippen LogP contribution in [-0.4, -0.2) is 31.1 Å². The zero-order valence-electron chi connectivity index (χ0n) is 12.4. The van der Waals surface area contributed by atoms with Gasteiger partial charge in [0.1, 0.15) is 0 Å². The number of hydrogen-bond donors (Lipinski definition) is 0. The van der Waals surface area contributed by atoms with E-state index in [9.17, 15) is 9.59 Å². The van der Waals surface area contributed by atoms with Gasteiger partial charge in [-0.15, -0.1) is 0 Å². The lowest BCUT2D eigenvalue weighted by molar-refractivity contribution is -0.727. The Balaban J connectivity index is 1.96. The fraction of sp³-hybridized carbons (Fsp3) is 0.188. The van der Waals surface area contributed by atoms with E-state index in [1.54, 1.807) is 67.5 Å². The average Bonchev–Trinajstić information content (AvgIpc) is 2.53. The maximum absolute atomic E-state index is 11.8. The lowest BCUT2D eigenvalue weighted by Crippen LogP contribution is -2.36. The summed E-state index contributed by atoms with van der Waals surface area (Å²) in [6.07, 6.45) is 2.82. The molecule has 0 aliphatic rings. The van der Waals surface area contributed by atoms with Crippen molar-refractivity contribution in [3.63, 3.8) is 0 Å². The largest absolute Gasteiger partial charge is 0.414 e. The molecule has 0 bridgehead atoms. The SMILES string of the molecule is CN(C)C(=O)Oc1ccc[n+](COC(=O)c2ccccc2)c1. The van der Waals surface area contributed by atoms with Gasteiger partial charge in [0.05, 0.1) is 5.56 Å². The van der Waals surface area contributed by atoms with Gasteiger partial charge in [-0.3, -0.25) is 0 Å². The Labute approximate surface area is 128 Å². The number of hydrogen-bond acceptors (Lipinski definition) is 4. The topological polar surface area (TPSA) is 59.7 Å². The minimum Gasteiger partial charge on any atom is -0.404 e. The van der Waals surface area contributed by atoms with Crippen LogP contribution in [0.5, 0.6) is 5.75 Å². The van der Waals surface area contributed by atoms with Crippen LogP contribution in [0.15, 0.2) is 54.9 Å². The molecule has 0 saturated heterocycles. The number of benzene rings is 1. The Morgan fingerprint density at radius 2 is 1.82 bits per heavy atom. The lowest BCUT2D eigenvalue weighted by atomic mass is 10.2. The van der Waals surface area contributed by atoms with Crippen molar-refractivity contribution in [1.82, 2.24) is 4.90 Å². The van der Waals surface area contributed by atoms with Gasteiger partial charge in [-0.05, 0) is 18.2 Å². The van der Waals surface area contributed by atoms with Gasteiger partial charge in [-0.2, -0.15) is 4.57 Å². The summed E-state index contributed by atoms with van der Waals surface area (Å²) in [6, 6.07) is 12.1. The fourth-order valence-corrected chi connectivity index (χ4v) is 1.62. The van der Waals surface area contributed by atoms with Crippen LogP contribution in [0.3, 0.4) is 0 Å². The summed E-state index contributed by atoms with van der Waals surface area (Å²) in [6.45, 7) is 0.0289. The molecule has 0 fully saturated rings. The van der Waals surface area contributed by atoms with Crippen LogP contribution < -0.4 is 9.30 Å². The molecule has 0 atom stereocenters. The highest BCUT2D eigenvalue weighted by Crippen LogP contribution is 2.07. The summed E-state index contributed by atoms with van der Waals surface area (Å²) in [4.78, 5) is 24.7. The third-order valence-corrected chi connectivity index (χ3v) is 2.76. The van der Waals surface area contributed by atoms with Crippen molar-refractivity contribution < 1.29 is 23.6 Å². The van der Waals surface area contributed by atoms with Crippen molar-refractivity contribution in [2.24, 2.45) is 0 Å². The molecule has 0 saturated carbocycles. The standard InChI is InChI=1S/C16H17N2O4/c1-17(2)16(20)22-14-9-6-10-18(11-14)12-21-15(19)13-7-4-3-5-8-13/h3-11H,12H2,1-2H3/q+1. The summed E-state index contributed by atoms with van der Waals surface area (Å²) in [5.41, 5.74) is 0.485. The molecule has 0 radical (unpaired) electrons. The summed E-state index contributed by atoms with van der Waals surface area (Å²) >= 11 is 0. The van der Waals surface area contributed by atoms with Crippen LogP contribution in [0, 0.1) is 0 Å². The van der Waals surface area contributed by atoms with E-state index in [-0.39, 0.29) is 6.73 Å². The van der Waals surface area contributed by atoms with Gasteiger partial charge in [0.2, 0.25) is 6.20 Å². The lowest BCUT2D eigenvalue weighted by Gasteiger charge is -2.09. The number of carbonyl (C=O) groups is 2. The van der Waals surface area contributed by atoms with Gasteiger partial charge in [0.25, 0.3) is 6.73 Å². The quantitative estimate of drug-likeness (QED) is 0.639. The zero-order valence-corrected chi connectivity index (χ0v) is 12.4. The van der Waals surface area contributed by atoms with Gasteiger partial charge in [0.15, 0.2) is 11.9 Å². The van der Waals surface area contributed by atoms with Gasteiger partial charge in [-0.1, -0.05) is 18.2 Å². The van der Waals surface area contributed by atoms with Gasteiger partial charge >= 0.3 is 12.1 Å². The Bertz CT molecular complexity index is 656. The van der Waals surface area contributed by atoms with Crippen molar-refractivity contribution in [2.45, 2.75) is 6.73 Å². The first-order valence-corrected chi connectivity index (χ1v) is 6.66. The molecule has 6 heteroatoms. The highest BCUT2D eigenvalue weighted by molar-refractivity contribution is 5.89. The van der Waals surface area contributed by atoms with Crippen molar-refractivity contribution in [3.05, 3.63) is 60.4 Å². The molecule has 0 spiro atoms. The molecule has 1 aromatic heterocycles. The number of esters is 1. The van der Waals surface area contributed by atoms with Gasteiger partial charge in [-0.25, -0.2) is 9.59 Å². The molecule has 22 heavy (non-hydrogen) atoms.